The molecule has 0 aliphatic rings. The van der Waals surface area contributed by atoms with Crippen LogP contribution < -0.4 is 5.73 Å². The van der Waals surface area contributed by atoms with E-state index in [1.165, 1.54) is 6.07 Å². The number of aryl methyl sites for hydroxylation is 1. The molecule has 2 N–H and O–H groups in total. The zero-order chi connectivity index (χ0) is 14.0. The van der Waals surface area contributed by atoms with Gasteiger partial charge >= 0.3 is 0 Å². The third-order valence-corrected chi connectivity index (χ3v) is 3.45. The number of halogens is 2. The Bertz CT molecular complexity index is 655. The first-order valence-electron chi connectivity index (χ1n) is 5.82. The molecule has 0 aliphatic carbocycles. The predicted molar refractivity (Wildman–Crippen MR) is 77.9 cm³/mol. The minimum absolute atomic E-state index is 0.318. The number of rotatable bonds is 3. The third-order valence-electron chi connectivity index (χ3n) is 2.84. The van der Waals surface area contributed by atoms with Gasteiger partial charge in [0.25, 0.3) is 0 Å². The fraction of sp³-hybridized carbons (Fsp3) is 0.214. The fourth-order valence-electron chi connectivity index (χ4n) is 1.91. The molecule has 1 aromatic heterocycles. The Hall–Kier alpha value is -1.80. The molecule has 1 aromatic carbocycles. The standard InChI is InChI=1S/C14H13BrFN3/c1-3-7-19-12(4-2)18-13(14(19)17)9-5-6-11(16)10(15)8-9/h1,5-6,8H,4,7,17H2,2H3. The molecule has 0 spiro atoms. The van der Waals surface area contributed by atoms with Crippen molar-refractivity contribution in [1.82, 2.24) is 9.55 Å². The number of nitrogens with two attached hydrogens (primary N) is 1. The van der Waals surface area contributed by atoms with E-state index in [1.54, 1.807) is 16.7 Å². The van der Waals surface area contributed by atoms with E-state index in [2.05, 4.69) is 26.8 Å². The molecule has 0 bridgehead atoms. The highest BCUT2D eigenvalue weighted by Gasteiger charge is 2.15. The van der Waals surface area contributed by atoms with E-state index in [0.29, 0.717) is 22.5 Å². The maximum atomic E-state index is 13.3. The fourth-order valence-corrected chi connectivity index (χ4v) is 2.29. The quantitative estimate of drug-likeness (QED) is 0.882. The van der Waals surface area contributed by atoms with E-state index in [9.17, 15) is 4.39 Å². The Morgan fingerprint density at radius 2 is 2.26 bits per heavy atom. The number of imidazole rings is 1. The summed E-state index contributed by atoms with van der Waals surface area (Å²) >= 11 is 3.16. The van der Waals surface area contributed by atoms with Crippen molar-refractivity contribution in [3.8, 4) is 23.6 Å². The van der Waals surface area contributed by atoms with Gasteiger partial charge in [0.15, 0.2) is 0 Å². The van der Waals surface area contributed by atoms with Gasteiger partial charge in [-0.3, -0.25) is 0 Å². The monoisotopic (exact) mass is 321 g/mol. The normalized spacial score (nSPS) is 10.4. The number of benzene rings is 1. The molecule has 0 atom stereocenters. The summed E-state index contributed by atoms with van der Waals surface area (Å²) in [6.45, 7) is 2.36. The molecule has 19 heavy (non-hydrogen) atoms. The van der Waals surface area contributed by atoms with E-state index in [0.717, 1.165) is 17.8 Å². The summed E-state index contributed by atoms with van der Waals surface area (Å²) in [5.74, 6) is 3.57. The van der Waals surface area contributed by atoms with Crippen LogP contribution in [0.1, 0.15) is 12.7 Å². The summed E-state index contributed by atoms with van der Waals surface area (Å²) in [6, 6.07) is 4.69. The van der Waals surface area contributed by atoms with E-state index < -0.39 is 0 Å². The molecule has 0 amide bonds. The molecule has 0 saturated carbocycles. The SMILES string of the molecule is C#CCn1c(CC)nc(-c2ccc(F)c(Br)c2)c1N. The van der Waals surface area contributed by atoms with Crippen molar-refractivity contribution in [3.63, 3.8) is 0 Å². The Morgan fingerprint density at radius 3 is 2.84 bits per heavy atom. The van der Waals surface area contributed by atoms with Crippen LogP contribution in [-0.4, -0.2) is 9.55 Å². The lowest BCUT2D eigenvalue weighted by Gasteiger charge is -2.04. The lowest BCUT2D eigenvalue weighted by molar-refractivity contribution is 0.621. The molecular weight excluding hydrogens is 309 g/mol. The molecule has 2 rings (SSSR count). The van der Waals surface area contributed by atoms with E-state index in [1.807, 2.05) is 6.92 Å². The summed E-state index contributed by atoms with van der Waals surface area (Å²) in [5.41, 5.74) is 7.47. The first-order valence-corrected chi connectivity index (χ1v) is 6.61. The molecule has 0 fully saturated rings. The first-order chi connectivity index (χ1) is 9.08. The van der Waals surface area contributed by atoms with Gasteiger partial charge in [0.2, 0.25) is 0 Å². The molecule has 98 valence electrons. The largest absolute Gasteiger partial charge is 0.383 e. The van der Waals surface area contributed by atoms with Crippen molar-refractivity contribution in [2.24, 2.45) is 0 Å². The van der Waals surface area contributed by atoms with Gasteiger partial charge in [-0.2, -0.15) is 0 Å². The minimum Gasteiger partial charge on any atom is -0.383 e. The zero-order valence-electron chi connectivity index (χ0n) is 10.5. The Balaban J connectivity index is 2.56. The van der Waals surface area contributed by atoms with Crippen molar-refractivity contribution in [2.75, 3.05) is 5.73 Å². The van der Waals surface area contributed by atoms with E-state index in [-0.39, 0.29) is 5.82 Å². The van der Waals surface area contributed by atoms with Crippen molar-refractivity contribution in [3.05, 3.63) is 34.3 Å². The van der Waals surface area contributed by atoms with Gasteiger partial charge in [0, 0.05) is 12.0 Å². The Labute approximate surface area is 119 Å². The summed E-state index contributed by atoms with van der Waals surface area (Å²) in [4.78, 5) is 4.49. The molecule has 2 aromatic rings. The number of hydrogen-bond donors (Lipinski definition) is 1. The van der Waals surface area contributed by atoms with Gasteiger partial charge in [0.05, 0.1) is 11.0 Å². The maximum absolute atomic E-state index is 13.3. The molecule has 0 unspecified atom stereocenters. The van der Waals surface area contributed by atoms with Crippen molar-refractivity contribution in [2.45, 2.75) is 19.9 Å². The minimum atomic E-state index is -0.318. The highest BCUT2D eigenvalue weighted by Crippen LogP contribution is 2.29. The smallest absolute Gasteiger partial charge is 0.137 e. The van der Waals surface area contributed by atoms with Crippen LogP contribution in [0.15, 0.2) is 22.7 Å². The molecule has 3 nitrogen and oxygen atoms in total. The molecule has 5 heteroatoms. The lowest BCUT2D eigenvalue weighted by Crippen LogP contribution is -2.05. The van der Waals surface area contributed by atoms with Crippen molar-refractivity contribution < 1.29 is 4.39 Å². The number of nitrogen functional groups attached to an aromatic ring is 1. The van der Waals surface area contributed by atoms with Crippen LogP contribution in [0.3, 0.4) is 0 Å². The summed E-state index contributed by atoms with van der Waals surface area (Å²) in [7, 11) is 0. The van der Waals surface area contributed by atoms with Gasteiger partial charge in [-0.15, -0.1) is 6.42 Å². The Morgan fingerprint density at radius 1 is 1.53 bits per heavy atom. The van der Waals surface area contributed by atoms with E-state index in [4.69, 9.17) is 12.2 Å². The van der Waals surface area contributed by atoms with Gasteiger partial charge in [-0.1, -0.05) is 12.8 Å². The zero-order valence-corrected chi connectivity index (χ0v) is 12.0. The maximum Gasteiger partial charge on any atom is 0.137 e. The van der Waals surface area contributed by atoms with Crippen molar-refractivity contribution >= 4 is 21.7 Å². The number of hydrogen-bond acceptors (Lipinski definition) is 2. The van der Waals surface area contributed by atoms with Crippen molar-refractivity contribution in [1.29, 1.82) is 0 Å². The number of nitrogens with zero attached hydrogens (tertiary/aromatic N) is 2. The number of anilines is 1. The van der Waals surface area contributed by atoms with Crippen LogP contribution in [0, 0.1) is 18.2 Å². The van der Waals surface area contributed by atoms with Crippen LogP contribution >= 0.6 is 15.9 Å². The van der Waals surface area contributed by atoms with Crippen LogP contribution in [0.2, 0.25) is 0 Å². The number of terminal acetylenes is 1. The predicted octanol–water partition coefficient (Wildman–Crippen LogP) is 3.23. The highest BCUT2D eigenvalue weighted by atomic mass is 79.9. The summed E-state index contributed by atoms with van der Waals surface area (Å²) in [6.07, 6.45) is 6.06. The topological polar surface area (TPSA) is 43.8 Å². The van der Waals surface area contributed by atoms with Crippen LogP contribution in [0.25, 0.3) is 11.3 Å². The van der Waals surface area contributed by atoms with Gasteiger partial charge < -0.3 is 10.3 Å². The molecule has 0 aliphatic heterocycles. The lowest BCUT2D eigenvalue weighted by atomic mass is 10.1. The van der Waals surface area contributed by atoms with E-state index >= 15 is 0 Å². The summed E-state index contributed by atoms with van der Waals surface area (Å²) < 4.78 is 15.4. The number of aromatic nitrogens is 2. The first kappa shape index (κ1) is 13.6. The van der Waals surface area contributed by atoms with Gasteiger partial charge in [-0.05, 0) is 34.1 Å². The summed E-state index contributed by atoms with van der Waals surface area (Å²) in [5, 5.41) is 0. The average molecular weight is 322 g/mol. The second-order valence-electron chi connectivity index (χ2n) is 4.03. The average Bonchev–Trinajstić information content (AvgIpc) is 2.71. The highest BCUT2D eigenvalue weighted by molar-refractivity contribution is 9.10. The molecule has 1 heterocycles. The molecule has 0 saturated heterocycles. The van der Waals surface area contributed by atoms with Gasteiger partial charge in [0.1, 0.15) is 23.2 Å². The Kier molecular flexibility index (Phi) is 3.91. The van der Waals surface area contributed by atoms with Crippen LogP contribution in [-0.2, 0) is 13.0 Å². The third kappa shape index (κ3) is 2.49. The second-order valence-corrected chi connectivity index (χ2v) is 4.89. The van der Waals surface area contributed by atoms with Gasteiger partial charge in [-0.25, -0.2) is 9.37 Å². The second kappa shape index (κ2) is 5.45. The molecule has 0 radical (unpaired) electrons. The van der Waals surface area contributed by atoms with Crippen LogP contribution in [0.4, 0.5) is 10.2 Å². The molecular formula is C14H13BrFN3. The van der Waals surface area contributed by atoms with Crippen LogP contribution in [0.5, 0.6) is 0 Å².